The van der Waals surface area contributed by atoms with E-state index in [1.165, 1.54) is 4.57 Å². The van der Waals surface area contributed by atoms with Crippen molar-refractivity contribution in [2.45, 2.75) is 32.9 Å². The lowest BCUT2D eigenvalue weighted by atomic mass is 10.2. The highest BCUT2D eigenvalue weighted by Gasteiger charge is 2.13. The fourth-order valence-corrected chi connectivity index (χ4v) is 1.50. The molecular formula is C12H17NO4. The van der Waals surface area contributed by atoms with Crippen molar-refractivity contribution in [3.8, 4) is 0 Å². The average molecular weight is 239 g/mol. The van der Waals surface area contributed by atoms with Crippen LogP contribution in [0.3, 0.4) is 0 Å². The van der Waals surface area contributed by atoms with Crippen LogP contribution in [0.5, 0.6) is 0 Å². The second-order valence-corrected chi connectivity index (χ2v) is 3.81. The van der Waals surface area contributed by atoms with Gasteiger partial charge in [0, 0.05) is 11.8 Å². The molecule has 1 aromatic rings. The maximum Gasteiger partial charge on any atom is 0.308 e. The van der Waals surface area contributed by atoms with Crippen molar-refractivity contribution in [2.75, 3.05) is 6.61 Å². The standard InChI is InChI=1S/C12H17NO4/c1-3-17-11(15)7-10(14)8-13-6-4-5-9(2)12(13)16/h4-6,10,14H,3,7-8H2,1-2H3. The summed E-state index contributed by atoms with van der Waals surface area (Å²) >= 11 is 0. The Balaban J connectivity index is 2.62. The van der Waals surface area contributed by atoms with Gasteiger partial charge in [-0.1, -0.05) is 6.07 Å². The number of rotatable bonds is 5. The van der Waals surface area contributed by atoms with Crippen molar-refractivity contribution in [1.82, 2.24) is 4.57 Å². The van der Waals surface area contributed by atoms with Gasteiger partial charge in [-0.25, -0.2) is 0 Å². The molecule has 0 aliphatic heterocycles. The summed E-state index contributed by atoms with van der Waals surface area (Å²) in [6.07, 6.45) is 0.575. The molecule has 0 saturated heterocycles. The van der Waals surface area contributed by atoms with Crippen LogP contribution in [0, 0.1) is 6.92 Å². The molecule has 0 amide bonds. The quantitative estimate of drug-likeness (QED) is 0.758. The summed E-state index contributed by atoms with van der Waals surface area (Å²) in [5.74, 6) is -0.458. The monoisotopic (exact) mass is 239 g/mol. The van der Waals surface area contributed by atoms with E-state index in [-0.39, 0.29) is 25.1 Å². The highest BCUT2D eigenvalue weighted by molar-refractivity contribution is 5.69. The Labute approximate surface area is 99.6 Å². The molecule has 1 atom stereocenters. The molecule has 94 valence electrons. The van der Waals surface area contributed by atoms with E-state index >= 15 is 0 Å². The van der Waals surface area contributed by atoms with E-state index in [9.17, 15) is 14.7 Å². The van der Waals surface area contributed by atoms with E-state index in [0.717, 1.165) is 0 Å². The number of aryl methyl sites for hydroxylation is 1. The second-order valence-electron chi connectivity index (χ2n) is 3.81. The smallest absolute Gasteiger partial charge is 0.308 e. The van der Waals surface area contributed by atoms with Gasteiger partial charge < -0.3 is 14.4 Å². The number of esters is 1. The molecule has 1 rings (SSSR count). The number of pyridine rings is 1. The molecule has 17 heavy (non-hydrogen) atoms. The summed E-state index contributed by atoms with van der Waals surface area (Å²) in [4.78, 5) is 22.8. The summed E-state index contributed by atoms with van der Waals surface area (Å²) in [5.41, 5.74) is 0.450. The highest BCUT2D eigenvalue weighted by Crippen LogP contribution is 1.99. The summed E-state index contributed by atoms with van der Waals surface area (Å²) in [6.45, 7) is 3.79. The molecule has 1 N–H and O–H groups in total. The summed E-state index contributed by atoms with van der Waals surface area (Å²) in [7, 11) is 0. The number of carbonyl (C=O) groups excluding carboxylic acids is 1. The van der Waals surface area contributed by atoms with Crippen LogP contribution in [0.15, 0.2) is 23.1 Å². The number of nitrogens with zero attached hydrogens (tertiary/aromatic N) is 1. The Morgan fingerprint density at radius 3 is 2.94 bits per heavy atom. The van der Waals surface area contributed by atoms with Crippen LogP contribution in [-0.4, -0.2) is 28.4 Å². The van der Waals surface area contributed by atoms with Gasteiger partial charge >= 0.3 is 5.97 Å². The van der Waals surface area contributed by atoms with E-state index in [4.69, 9.17) is 4.74 Å². The first-order chi connectivity index (χ1) is 8.04. The Hall–Kier alpha value is -1.62. The van der Waals surface area contributed by atoms with Gasteiger partial charge in [-0.3, -0.25) is 9.59 Å². The Kier molecular flexibility index (Phi) is 4.90. The average Bonchev–Trinajstić information content (AvgIpc) is 2.25. The molecule has 5 nitrogen and oxygen atoms in total. The zero-order valence-electron chi connectivity index (χ0n) is 10.0. The van der Waals surface area contributed by atoms with E-state index in [1.807, 2.05) is 0 Å². The van der Waals surface area contributed by atoms with Crippen LogP contribution in [-0.2, 0) is 16.1 Å². The maximum atomic E-state index is 11.7. The second kappa shape index (κ2) is 6.20. The number of hydrogen-bond acceptors (Lipinski definition) is 4. The van der Waals surface area contributed by atoms with Crippen molar-refractivity contribution in [3.63, 3.8) is 0 Å². The molecule has 0 saturated carbocycles. The van der Waals surface area contributed by atoms with Crippen LogP contribution in [0.1, 0.15) is 18.9 Å². The van der Waals surface area contributed by atoms with E-state index in [1.54, 1.807) is 32.2 Å². The molecule has 5 heteroatoms. The van der Waals surface area contributed by atoms with E-state index < -0.39 is 12.1 Å². The maximum absolute atomic E-state index is 11.7. The third-order valence-corrected chi connectivity index (χ3v) is 2.33. The largest absolute Gasteiger partial charge is 0.466 e. The van der Waals surface area contributed by atoms with E-state index in [2.05, 4.69) is 0 Å². The van der Waals surface area contributed by atoms with Crippen molar-refractivity contribution in [2.24, 2.45) is 0 Å². The number of carbonyl (C=O) groups is 1. The minimum atomic E-state index is -0.909. The summed E-state index contributed by atoms with van der Waals surface area (Å²) in [6, 6.07) is 3.43. The number of hydrogen-bond donors (Lipinski definition) is 1. The molecule has 1 aromatic heterocycles. The Bertz CT molecular complexity index is 438. The van der Waals surface area contributed by atoms with Gasteiger partial charge in [0.2, 0.25) is 0 Å². The van der Waals surface area contributed by atoms with Gasteiger partial charge in [-0.2, -0.15) is 0 Å². The normalized spacial score (nSPS) is 12.2. The predicted octanol–water partition coefficient (Wildman–Crippen LogP) is 0.471. The highest BCUT2D eigenvalue weighted by atomic mass is 16.5. The van der Waals surface area contributed by atoms with Gasteiger partial charge in [0.05, 0.1) is 25.7 Å². The lowest BCUT2D eigenvalue weighted by molar-refractivity contribution is -0.145. The fraction of sp³-hybridized carbons (Fsp3) is 0.500. The van der Waals surface area contributed by atoms with Crippen LogP contribution in [0.25, 0.3) is 0 Å². The molecule has 0 bridgehead atoms. The number of aliphatic hydroxyl groups excluding tert-OH is 1. The van der Waals surface area contributed by atoms with Gasteiger partial charge in [0.25, 0.3) is 5.56 Å². The first kappa shape index (κ1) is 13.4. The van der Waals surface area contributed by atoms with Crippen LogP contribution in [0.2, 0.25) is 0 Å². The van der Waals surface area contributed by atoms with Crippen molar-refractivity contribution >= 4 is 5.97 Å². The first-order valence-electron chi connectivity index (χ1n) is 5.54. The lowest BCUT2D eigenvalue weighted by Gasteiger charge is -2.12. The SMILES string of the molecule is CCOC(=O)CC(O)Cn1cccc(C)c1=O. The van der Waals surface area contributed by atoms with Crippen molar-refractivity contribution < 1.29 is 14.6 Å². The zero-order chi connectivity index (χ0) is 12.8. The van der Waals surface area contributed by atoms with Gasteiger partial charge in [-0.05, 0) is 19.9 Å². The molecule has 0 aliphatic rings. The summed E-state index contributed by atoms with van der Waals surface area (Å²) in [5, 5.41) is 9.65. The van der Waals surface area contributed by atoms with Gasteiger partial charge in [0.1, 0.15) is 0 Å². The van der Waals surface area contributed by atoms with Crippen molar-refractivity contribution in [3.05, 3.63) is 34.2 Å². The molecule has 0 aromatic carbocycles. The van der Waals surface area contributed by atoms with Gasteiger partial charge in [0.15, 0.2) is 0 Å². The Morgan fingerprint density at radius 1 is 1.59 bits per heavy atom. The van der Waals surface area contributed by atoms with Crippen molar-refractivity contribution in [1.29, 1.82) is 0 Å². The topological polar surface area (TPSA) is 68.5 Å². The van der Waals surface area contributed by atoms with Crippen LogP contribution in [0.4, 0.5) is 0 Å². The molecule has 1 heterocycles. The summed E-state index contributed by atoms with van der Waals surface area (Å²) < 4.78 is 6.11. The number of ether oxygens (including phenoxy) is 1. The van der Waals surface area contributed by atoms with Crippen LogP contribution >= 0.6 is 0 Å². The van der Waals surface area contributed by atoms with Crippen LogP contribution < -0.4 is 5.56 Å². The third-order valence-electron chi connectivity index (χ3n) is 2.33. The third kappa shape index (κ3) is 4.03. The zero-order valence-corrected chi connectivity index (χ0v) is 10.0. The Morgan fingerprint density at radius 2 is 2.29 bits per heavy atom. The number of aliphatic hydroxyl groups is 1. The molecule has 0 fully saturated rings. The molecule has 0 aliphatic carbocycles. The molecule has 1 unspecified atom stereocenters. The van der Waals surface area contributed by atoms with Gasteiger partial charge in [-0.15, -0.1) is 0 Å². The lowest BCUT2D eigenvalue weighted by Crippen LogP contribution is -2.29. The first-order valence-corrected chi connectivity index (χ1v) is 5.54. The number of aromatic nitrogens is 1. The van der Waals surface area contributed by atoms with E-state index in [0.29, 0.717) is 5.56 Å². The fourth-order valence-electron chi connectivity index (χ4n) is 1.50. The molecular weight excluding hydrogens is 222 g/mol. The predicted molar refractivity (Wildman–Crippen MR) is 62.7 cm³/mol. The molecule has 0 spiro atoms. The molecule has 0 radical (unpaired) electrons. The minimum absolute atomic E-state index is 0.0966. The minimum Gasteiger partial charge on any atom is -0.466 e.